The Morgan fingerprint density at radius 3 is 2.42 bits per heavy atom. The maximum atomic E-state index is 11.7. The number of hydrogen-bond donors (Lipinski definition) is 2. The van der Waals surface area contributed by atoms with Crippen LogP contribution in [0.4, 0.5) is 4.79 Å². The van der Waals surface area contributed by atoms with Gasteiger partial charge in [0.25, 0.3) is 0 Å². The second-order valence-corrected chi connectivity index (χ2v) is 5.73. The third-order valence-electron chi connectivity index (χ3n) is 3.47. The number of carbonyl (C=O) groups is 1. The molecule has 0 heterocycles. The topological polar surface area (TPSA) is 41.1 Å². The van der Waals surface area contributed by atoms with Crippen molar-refractivity contribution in [1.82, 2.24) is 10.6 Å². The van der Waals surface area contributed by atoms with E-state index < -0.39 is 0 Å². The van der Waals surface area contributed by atoms with Gasteiger partial charge in [0, 0.05) is 17.5 Å². The second-order valence-electron chi connectivity index (χ2n) is 4.85. The van der Waals surface area contributed by atoms with Gasteiger partial charge in [-0.25, -0.2) is 4.79 Å². The highest BCUT2D eigenvalue weighted by molar-refractivity contribution is 7.98. The summed E-state index contributed by atoms with van der Waals surface area (Å²) in [6.07, 6.45) is 3.12. The van der Waals surface area contributed by atoms with E-state index in [4.69, 9.17) is 0 Å². The summed E-state index contributed by atoms with van der Waals surface area (Å²) >= 11 is 1.72. The van der Waals surface area contributed by atoms with Gasteiger partial charge in [0.15, 0.2) is 0 Å². The Morgan fingerprint density at radius 2 is 1.89 bits per heavy atom. The van der Waals surface area contributed by atoms with Crippen LogP contribution in [0.15, 0.2) is 29.2 Å². The van der Waals surface area contributed by atoms with Crippen molar-refractivity contribution >= 4 is 17.8 Å². The molecular weight excluding hydrogens is 256 g/mol. The van der Waals surface area contributed by atoms with Gasteiger partial charge in [-0.1, -0.05) is 32.4 Å². The number of nitrogens with one attached hydrogen (secondary N) is 2. The Labute approximate surface area is 120 Å². The molecule has 106 valence electrons. The summed E-state index contributed by atoms with van der Waals surface area (Å²) in [5.41, 5.74) is 1.11. The van der Waals surface area contributed by atoms with E-state index in [1.165, 1.54) is 4.90 Å². The van der Waals surface area contributed by atoms with E-state index in [1.807, 2.05) is 19.1 Å². The quantitative estimate of drug-likeness (QED) is 0.781. The fraction of sp³-hybridized carbons (Fsp3) is 0.533. The standard InChI is InChI=1S/C15H24N2OS/c1-5-11(2)12(3)17-15(18)16-10-13-6-8-14(19-4)9-7-13/h6-9,11-12H,5,10H2,1-4H3,(H2,16,17,18). The Kier molecular flexibility index (Phi) is 6.78. The molecular formula is C15H24N2OS. The Morgan fingerprint density at radius 1 is 1.26 bits per heavy atom. The fourth-order valence-electron chi connectivity index (χ4n) is 1.68. The van der Waals surface area contributed by atoms with E-state index in [-0.39, 0.29) is 12.1 Å². The molecule has 0 aromatic heterocycles. The van der Waals surface area contributed by atoms with Gasteiger partial charge in [0.1, 0.15) is 0 Å². The minimum atomic E-state index is -0.0956. The first-order chi connectivity index (χ1) is 9.06. The van der Waals surface area contributed by atoms with Crippen LogP contribution in [0.1, 0.15) is 32.8 Å². The summed E-state index contributed by atoms with van der Waals surface area (Å²) in [6, 6.07) is 8.34. The van der Waals surface area contributed by atoms with Crippen molar-refractivity contribution in [2.24, 2.45) is 5.92 Å². The van der Waals surface area contributed by atoms with Crippen LogP contribution in [0.25, 0.3) is 0 Å². The molecule has 0 fully saturated rings. The van der Waals surface area contributed by atoms with Crippen LogP contribution in [-0.4, -0.2) is 18.3 Å². The lowest BCUT2D eigenvalue weighted by molar-refractivity contribution is 0.233. The molecule has 0 saturated heterocycles. The maximum absolute atomic E-state index is 11.7. The highest BCUT2D eigenvalue weighted by Gasteiger charge is 2.12. The molecule has 1 rings (SSSR count). The molecule has 0 aliphatic rings. The monoisotopic (exact) mass is 280 g/mol. The molecule has 0 aliphatic heterocycles. The number of thioether (sulfide) groups is 1. The van der Waals surface area contributed by atoms with E-state index in [1.54, 1.807) is 11.8 Å². The lowest BCUT2D eigenvalue weighted by atomic mass is 10.0. The zero-order valence-corrected chi connectivity index (χ0v) is 13.0. The molecule has 1 aromatic rings. The molecule has 0 radical (unpaired) electrons. The van der Waals surface area contributed by atoms with Crippen molar-refractivity contribution < 1.29 is 4.79 Å². The molecule has 0 saturated carbocycles. The summed E-state index contributed by atoms with van der Waals surface area (Å²) in [5.74, 6) is 0.492. The van der Waals surface area contributed by atoms with Gasteiger partial charge in [-0.3, -0.25) is 0 Å². The van der Waals surface area contributed by atoms with Crippen LogP contribution < -0.4 is 10.6 Å². The second kappa shape index (κ2) is 8.10. The van der Waals surface area contributed by atoms with Crippen LogP contribution >= 0.6 is 11.8 Å². The first-order valence-electron chi connectivity index (χ1n) is 6.74. The van der Waals surface area contributed by atoms with Gasteiger partial charge < -0.3 is 10.6 Å². The number of carbonyl (C=O) groups excluding carboxylic acids is 1. The Bertz CT molecular complexity index is 392. The molecule has 19 heavy (non-hydrogen) atoms. The van der Waals surface area contributed by atoms with Gasteiger partial charge in [-0.05, 0) is 36.8 Å². The lowest BCUT2D eigenvalue weighted by Crippen LogP contribution is -2.43. The molecule has 2 atom stereocenters. The van der Waals surface area contributed by atoms with Crippen LogP contribution in [0.3, 0.4) is 0 Å². The zero-order valence-electron chi connectivity index (χ0n) is 12.2. The molecule has 4 heteroatoms. The average molecular weight is 280 g/mol. The molecule has 0 aliphatic carbocycles. The van der Waals surface area contributed by atoms with Gasteiger partial charge in [0.2, 0.25) is 0 Å². The van der Waals surface area contributed by atoms with Crippen molar-refractivity contribution in [2.45, 2.75) is 44.7 Å². The maximum Gasteiger partial charge on any atom is 0.315 e. The molecule has 3 nitrogen and oxygen atoms in total. The highest BCUT2D eigenvalue weighted by atomic mass is 32.2. The minimum absolute atomic E-state index is 0.0956. The molecule has 2 unspecified atom stereocenters. The van der Waals surface area contributed by atoms with Crippen LogP contribution in [-0.2, 0) is 6.54 Å². The molecule has 2 N–H and O–H groups in total. The van der Waals surface area contributed by atoms with Gasteiger partial charge >= 0.3 is 6.03 Å². The average Bonchev–Trinajstić information content (AvgIpc) is 2.44. The molecule has 0 spiro atoms. The van der Waals surface area contributed by atoms with Crippen molar-refractivity contribution in [2.75, 3.05) is 6.26 Å². The van der Waals surface area contributed by atoms with Crippen LogP contribution in [0, 0.1) is 5.92 Å². The van der Waals surface area contributed by atoms with E-state index in [0.717, 1.165) is 12.0 Å². The number of benzene rings is 1. The summed E-state index contributed by atoms with van der Waals surface area (Å²) in [6.45, 7) is 6.88. The van der Waals surface area contributed by atoms with Crippen LogP contribution in [0.5, 0.6) is 0 Å². The molecule has 1 aromatic carbocycles. The molecule has 2 amide bonds. The zero-order chi connectivity index (χ0) is 14.3. The van der Waals surface area contributed by atoms with Gasteiger partial charge in [-0.2, -0.15) is 0 Å². The predicted molar refractivity (Wildman–Crippen MR) is 82.5 cm³/mol. The Hall–Kier alpha value is -1.16. The lowest BCUT2D eigenvalue weighted by Gasteiger charge is -2.20. The molecule has 0 bridgehead atoms. The van der Waals surface area contributed by atoms with E-state index >= 15 is 0 Å². The third kappa shape index (κ3) is 5.55. The minimum Gasteiger partial charge on any atom is -0.335 e. The summed E-state index contributed by atoms with van der Waals surface area (Å²) in [7, 11) is 0. The predicted octanol–water partition coefficient (Wildman–Crippen LogP) is 3.64. The van der Waals surface area contributed by atoms with E-state index in [2.05, 4.69) is 42.9 Å². The first kappa shape index (κ1) is 15.9. The largest absolute Gasteiger partial charge is 0.335 e. The fourth-order valence-corrected chi connectivity index (χ4v) is 2.09. The number of hydrogen-bond acceptors (Lipinski definition) is 2. The summed E-state index contributed by atoms with van der Waals surface area (Å²) in [5, 5.41) is 5.86. The van der Waals surface area contributed by atoms with Crippen molar-refractivity contribution in [1.29, 1.82) is 0 Å². The number of rotatable bonds is 6. The normalized spacial score (nSPS) is 13.7. The first-order valence-corrected chi connectivity index (χ1v) is 7.96. The highest BCUT2D eigenvalue weighted by Crippen LogP contribution is 2.14. The van der Waals surface area contributed by atoms with Crippen molar-refractivity contribution in [3.8, 4) is 0 Å². The summed E-state index contributed by atoms with van der Waals surface area (Å²) in [4.78, 5) is 13.0. The Balaban J connectivity index is 2.37. The smallest absolute Gasteiger partial charge is 0.315 e. The third-order valence-corrected chi connectivity index (χ3v) is 4.21. The number of urea groups is 1. The van der Waals surface area contributed by atoms with E-state index in [0.29, 0.717) is 12.5 Å². The van der Waals surface area contributed by atoms with Crippen molar-refractivity contribution in [3.05, 3.63) is 29.8 Å². The van der Waals surface area contributed by atoms with Gasteiger partial charge in [-0.15, -0.1) is 11.8 Å². The van der Waals surface area contributed by atoms with E-state index in [9.17, 15) is 4.79 Å². The van der Waals surface area contributed by atoms with Gasteiger partial charge in [0.05, 0.1) is 0 Å². The SMILES string of the molecule is CCC(C)C(C)NC(=O)NCc1ccc(SC)cc1. The number of amides is 2. The van der Waals surface area contributed by atoms with Crippen LogP contribution in [0.2, 0.25) is 0 Å². The van der Waals surface area contributed by atoms with Crippen molar-refractivity contribution in [3.63, 3.8) is 0 Å². The summed E-state index contributed by atoms with van der Waals surface area (Å²) < 4.78 is 0.